The van der Waals surface area contributed by atoms with Crippen LogP contribution in [-0.2, 0) is 16.1 Å². The number of likely N-dealkylation sites (tertiary alicyclic amines) is 1. The summed E-state index contributed by atoms with van der Waals surface area (Å²) in [5.41, 5.74) is 1.07. The first kappa shape index (κ1) is 21.4. The van der Waals surface area contributed by atoms with E-state index < -0.39 is 0 Å². The standard InChI is InChI=1S/C21H34N6O2/c1-4-20(28)27-9-8-18(15-27)25-21(22-5-2)24-13-17-6-7-19(23-12-17)26-10-11-29-16(3)14-26/h6-7,12,16,18H,4-5,8-11,13-15H2,1-3H3,(H2,22,24,25). The highest BCUT2D eigenvalue weighted by Gasteiger charge is 2.25. The highest BCUT2D eigenvalue weighted by molar-refractivity contribution is 5.80. The lowest BCUT2D eigenvalue weighted by atomic mass is 10.2. The van der Waals surface area contributed by atoms with Gasteiger partial charge < -0.3 is 25.2 Å². The molecule has 0 radical (unpaired) electrons. The molecule has 2 saturated heterocycles. The lowest BCUT2D eigenvalue weighted by molar-refractivity contribution is -0.129. The third-order valence-electron chi connectivity index (χ3n) is 5.32. The number of aromatic nitrogens is 1. The summed E-state index contributed by atoms with van der Waals surface area (Å²) in [6.45, 7) is 11.5. The maximum atomic E-state index is 11.9. The van der Waals surface area contributed by atoms with Crippen molar-refractivity contribution in [1.82, 2.24) is 20.5 Å². The van der Waals surface area contributed by atoms with Crippen molar-refractivity contribution >= 4 is 17.7 Å². The van der Waals surface area contributed by atoms with Crippen LogP contribution in [0.15, 0.2) is 23.3 Å². The van der Waals surface area contributed by atoms with Crippen LogP contribution in [0.2, 0.25) is 0 Å². The summed E-state index contributed by atoms with van der Waals surface area (Å²) in [5, 5.41) is 6.77. The topological polar surface area (TPSA) is 82.1 Å². The minimum atomic E-state index is 0.220. The summed E-state index contributed by atoms with van der Waals surface area (Å²) in [6, 6.07) is 4.40. The van der Waals surface area contributed by atoms with Crippen LogP contribution < -0.4 is 15.5 Å². The summed E-state index contributed by atoms with van der Waals surface area (Å²) >= 11 is 0. The van der Waals surface area contributed by atoms with Gasteiger partial charge in [0.2, 0.25) is 5.91 Å². The predicted molar refractivity (Wildman–Crippen MR) is 115 cm³/mol. The van der Waals surface area contributed by atoms with Crippen LogP contribution in [-0.4, -0.2) is 73.2 Å². The second kappa shape index (κ2) is 10.4. The Balaban J connectivity index is 1.55. The highest BCUT2D eigenvalue weighted by atomic mass is 16.5. The monoisotopic (exact) mass is 402 g/mol. The van der Waals surface area contributed by atoms with Gasteiger partial charge in [-0.05, 0) is 31.9 Å². The molecule has 2 fully saturated rings. The second-order valence-electron chi connectivity index (χ2n) is 7.67. The Bertz CT molecular complexity index is 693. The fourth-order valence-corrected chi connectivity index (χ4v) is 3.74. The number of ether oxygens (including phenoxy) is 1. The molecule has 2 atom stereocenters. The van der Waals surface area contributed by atoms with Gasteiger partial charge in [0.25, 0.3) is 0 Å². The van der Waals surface area contributed by atoms with Crippen molar-refractivity contribution in [2.75, 3.05) is 44.2 Å². The molecule has 0 bridgehead atoms. The van der Waals surface area contributed by atoms with Crippen molar-refractivity contribution in [3.8, 4) is 0 Å². The molecule has 1 amide bonds. The van der Waals surface area contributed by atoms with E-state index in [0.717, 1.165) is 63.1 Å². The molecule has 2 N–H and O–H groups in total. The molecule has 1 aromatic heterocycles. The Labute approximate surface area is 173 Å². The number of anilines is 1. The van der Waals surface area contributed by atoms with Crippen LogP contribution >= 0.6 is 0 Å². The van der Waals surface area contributed by atoms with Gasteiger partial charge in [-0.2, -0.15) is 0 Å². The van der Waals surface area contributed by atoms with E-state index in [1.807, 2.05) is 18.0 Å². The number of hydrogen-bond acceptors (Lipinski definition) is 5. The first-order valence-corrected chi connectivity index (χ1v) is 10.7. The van der Waals surface area contributed by atoms with Crippen LogP contribution in [0.25, 0.3) is 0 Å². The number of amides is 1. The van der Waals surface area contributed by atoms with Gasteiger partial charge in [0.1, 0.15) is 5.82 Å². The molecule has 2 unspecified atom stereocenters. The largest absolute Gasteiger partial charge is 0.375 e. The second-order valence-corrected chi connectivity index (χ2v) is 7.67. The molecule has 2 aliphatic rings. The van der Waals surface area contributed by atoms with E-state index in [4.69, 9.17) is 9.73 Å². The van der Waals surface area contributed by atoms with E-state index in [9.17, 15) is 4.79 Å². The number of aliphatic imine (C=N–C) groups is 1. The zero-order valence-corrected chi connectivity index (χ0v) is 17.9. The van der Waals surface area contributed by atoms with Crippen molar-refractivity contribution in [3.05, 3.63) is 23.9 Å². The lowest BCUT2D eigenvalue weighted by Crippen LogP contribution is -2.45. The van der Waals surface area contributed by atoms with Gasteiger partial charge in [-0.15, -0.1) is 0 Å². The molecule has 1 aromatic rings. The fraction of sp³-hybridized carbons (Fsp3) is 0.667. The van der Waals surface area contributed by atoms with Crippen LogP contribution in [0.4, 0.5) is 5.82 Å². The number of rotatable bonds is 6. The molecule has 3 heterocycles. The summed E-state index contributed by atoms with van der Waals surface area (Å²) in [4.78, 5) is 25.4. The van der Waals surface area contributed by atoms with E-state index >= 15 is 0 Å². The molecule has 8 nitrogen and oxygen atoms in total. The Morgan fingerprint density at radius 2 is 2.17 bits per heavy atom. The smallest absolute Gasteiger partial charge is 0.222 e. The molecular formula is C21H34N6O2. The van der Waals surface area contributed by atoms with Crippen LogP contribution in [0, 0.1) is 0 Å². The first-order chi connectivity index (χ1) is 14.1. The van der Waals surface area contributed by atoms with E-state index in [-0.39, 0.29) is 18.1 Å². The molecule has 0 saturated carbocycles. The normalized spacial score (nSPS) is 22.7. The maximum absolute atomic E-state index is 11.9. The molecule has 29 heavy (non-hydrogen) atoms. The Morgan fingerprint density at radius 1 is 1.31 bits per heavy atom. The summed E-state index contributed by atoms with van der Waals surface area (Å²) in [5.74, 6) is 2.00. The predicted octanol–water partition coefficient (Wildman–Crippen LogP) is 1.37. The minimum absolute atomic E-state index is 0.220. The van der Waals surface area contributed by atoms with Crippen LogP contribution in [0.5, 0.6) is 0 Å². The van der Waals surface area contributed by atoms with Gasteiger partial charge in [0.15, 0.2) is 5.96 Å². The zero-order chi connectivity index (χ0) is 20.6. The zero-order valence-electron chi connectivity index (χ0n) is 17.9. The fourth-order valence-electron chi connectivity index (χ4n) is 3.74. The lowest BCUT2D eigenvalue weighted by Gasteiger charge is -2.32. The SMILES string of the molecule is CCNC(=NCc1ccc(N2CCOC(C)C2)nc1)NC1CCN(C(=O)CC)C1. The Hall–Kier alpha value is -2.35. The quantitative estimate of drug-likeness (QED) is 0.553. The molecular weight excluding hydrogens is 368 g/mol. The minimum Gasteiger partial charge on any atom is -0.375 e. The molecule has 8 heteroatoms. The van der Waals surface area contributed by atoms with Crippen molar-refractivity contribution in [2.24, 2.45) is 4.99 Å². The number of carbonyl (C=O) groups excluding carboxylic acids is 1. The summed E-state index contributed by atoms with van der Waals surface area (Å²) in [6.07, 6.45) is 3.65. The number of guanidine groups is 1. The molecule has 0 aliphatic carbocycles. The molecule has 3 rings (SSSR count). The number of nitrogens with one attached hydrogen (secondary N) is 2. The molecule has 0 aromatic carbocycles. The van der Waals surface area contributed by atoms with Gasteiger partial charge in [-0.25, -0.2) is 9.98 Å². The van der Waals surface area contributed by atoms with Gasteiger partial charge in [0.05, 0.1) is 19.3 Å². The number of nitrogens with zero attached hydrogens (tertiary/aromatic N) is 4. The van der Waals surface area contributed by atoms with Gasteiger partial charge in [0, 0.05) is 51.4 Å². The van der Waals surface area contributed by atoms with Gasteiger partial charge in [-0.3, -0.25) is 4.79 Å². The van der Waals surface area contributed by atoms with E-state index in [2.05, 4.69) is 46.5 Å². The van der Waals surface area contributed by atoms with Crippen molar-refractivity contribution in [2.45, 2.75) is 52.3 Å². The number of hydrogen-bond donors (Lipinski definition) is 2. The Morgan fingerprint density at radius 3 is 2.86 bits per heavy atom. The number of carbonyl (C=O) groups is 1. The van der Waals surface area contributed by atoms with E-state index in [0.29, 0.717) is 13.0 Å². The summed E-state index contributed by atoms with van der Waals surface area (Å²) in [7, 11) is 0. The van der Waals surface area contributed by atoms with Crippen LogP contribution in [0.1, 0.15) is 39.2 Å². The Kier molecular flexibility index (Phi) is 7.69. The highest BCUT2D eigenvalue weighted by Crippen LogP contribution is 2.16. The van der Waals surface area contributed by atoms with E-state index in [1.54, 1.807) is 0 Å². The first-order valence-electron chi connectivity index (χ1n) is 10.7. The van der Waals surface area contributed by atoms with Gasteiger partial charge in [-0.1, -0.05) is 13.0 Å². The third-order valence-corrected chi connectivity index (χ3v) is 5.32. The van der Waals surface area contributed by atoms with Gasteiger partial charge >= 0.3 is 0 Å². The van der Waals surface area contributed by atoms with Crippen molar-refractivity contribution in [3.63, 3.8) is 0 Å². The van der Waals surface area contributed by atoms with Crippen LogP contribution in [0.3, 0.4) is 0 Å². The average molecular weight is 403 g/mol. The third kappa shape index (κ3) is 6.06. The molecule has 0 spiro atoms. The molecule has 2 aliphatic heterocycles. The maximum Gasteiger partial charge on any atom is 0.222 e. The van der Waals surface area contributed by atoms with Crippen molar-refractivity contribution in [1.29, 1.82) is 0 Å². The average Bonchev–Trinajstić information content (AvgIpc) is 3.20. The number of pyridine rings is 1. The molecule has 160 valence electrons. The van der Waals surface area contributed by atoms with E-state index in [1.165, 1.54) is 0 Å². The summed E-state index contributed by atoms with van der Waals surface area (Å²) < 4.78 is 5.60. The van der Waals surface area contributed by atoms with Crippen molar-refractivity contribution < 1.29 is 9.53 Å². The number of morpholine rings is 1.